The molecular formula is C26H31N3O2. The highest BCUT2D eigenvalue weighted by Gasteiger charge is 2.22. The van der Waals surface area contributed by atoms with Crippen molar-refractivity contribution in [2.75, 3.05) is 19.0 Å². The van der Waals surface area contributed by atoms with E-state index >= 15 is 0 Å². The monoisotopic (exact) mass is 417 g/mol. The van der Waals surface area contributed by atoms with Crippen molar-refractivity contribution in [2.45, 2.75) is 52.9 Å². The van der Waals surface area contributed by atoms with Crippen LogP contribution in [0, 0.1) is 6.92 Å². The maximum atomic E-state index is 12.9. The smallest absolute Gasteiger partial charge is 0.338 e. The standard InChI is InChI=1S/C26H31N3O2/c1-5-31-26(30)22-16-23-21(20-11-13-28-24(15-20)27-4)12-14-29(23)25(18(22)3)17(2)19-9-7-6-8-10-19/h11-16H,5-10H2,1-4H3,(H,27,28). The van der Waals surface area contributed by atoms with Gasteiger partial charge in [-0.15, -0.1) is 0 Å². The topological polar surface area (TPSA) is 55.6 Å². The first-order chi connectivity index (χ1) is 15.0. The molecule has 0 bridgehead atoms. The Kier molecular flexibility index (Phi) is 6.12. The zero-order valence-electron chi connectivity index (χ0n) is 18.9. The highest BCUT2D eigenvalue weighted by molar-refractivity contribution is 5.96. The Labute approximate surface area is 184 Å². The second kappa shape index (κ2) is 8.96. The van der Waals surface area contributed by atoms with Crippen molar-refractivity contribution in [1.29, 1.82) is 0 Å². The van der Waals surface area contributed by atoms with Crippen molar-refractivity contribution in [3.8, 4) is 11.1 Å². The van der Waals surface area contributed by atoms with E-state index in [1.807, 2.05) is 39.1 Å². The summed E-state index contributed by atoms with van der Waals surface area (Å²) in [5, 5.41) is 3.11. The molecular weight excluding hydrogens is 386 g/mol. The van der Waals surface area contributed by atoms with Gasteiger partial charge >= 0.3 is 5.97 Å². The fraction of sp³-hybridized carbons (Fsp3) is 0.385. The number of nitrogens with one attached hydrogen (secondary N) is 1. The largest absolute Gasteiger partial charge is 0.462 e. The van der Waals surface area contributed by atoms with Crippen LogP contribution in [0.15, 0.2) is 42.2 Å². The number of pyridine rings is 2. The fourth-order valence-electron chi connectivity index (χ4n) is 4.72. The Morgan fingerprint density at radius 3 is 2.68 bits per heavy atom. The van der Waals surface area contributed by atoms with Crippen LogP contribution in [0.1, 0.15) is 67.6 Å². The molecule has 31 heavy (non-hydrogen) atoms. The molecule has 1 fully saturated rings. The van der Waals surface area contributed by atoms with Gasteiger partial charge in [0.2, 0.25) is 0 Å². The van der Waals surface area contributed by atoms with E-state index in [2.05, 4.69) is 33.9 Å². The second-order valence-corrected chi connectivity index (χ2v) is 8.21. The molecule has 162 valence electrons. The van der Waals surface area contributed by atoms with Crippen LogP contribution < -0.4 is 5.32 Å². The van der Waals surface area contributed by atoms with Crippen LogP contribution in [0.5, 0.6) is 0 Å². The number of carbonyl (C=O) groups excluding carboxylic acids is 1. The lowest BCUT2D eigenvalue weighted by atomic mass is 9.88. The van der Waals surface area contributed by atoms with Gasteiger partial charge in [-0.2, -0.15) is 0 Å². The van der Waals surface area contributed by atoms with Crippen molar-refractivity contribution in [1.82, 2.24) is 9.38 Å². The van der Waals surface area contributed by atoms with Gasteiger partial charge in [-0.25, -0.2) is 9.78 Å². The molecule has 0 unspecified atom stereocenters. The van der Waals surface area contributed by atoms with Gasteiger partial charge in [-0.3, -0.25) is 0 Å². The Morgan fingerprint density at radius 2 is 1.97 bits per heavy atom. The normalized spacial score (nSPS) is 14.0. The van der Waals surface area contributed by atoms with Crippen LogP contribution in [0.4, 0.5) is 5.82 Å². The zero-order chi connectivity index (χ0) is 22.0. The van der Waals surface area contributed by atoms with Gasteiger partial charge in [0.15, 0.2) is 0 Å². The average molecular weight is 418 g/mol. The van der Waals surface area contributed by atoms with Crippen LogP contribution >= 0.6 is 0 Å². The third-order valence-electron chi connectivity index (χ3n) is 6.37. The van der Waals surface area contributed by atoms with Crippen LogP contribution in [0.3, 0.4) is 0 Å². The number of hydrogen-bond donors (Lipinski definition) is 1. The van der Waals surface area contributed by atoms with E-state index in [4.69, 9.17) is 4.74 Å². The third kappa shape index (κ3) is 3.97. The van der Waals surface area contributed by atoms with E-state index in [1.54, 1.807) is 6.20 Å². The molecule has 1 aliphatic rings. The lowest BCUT2D eigenvalue weighted by Crippen LogP contribution is -2.11. The molecule has 0 radical (unpaired) electrons. The maximum Gasteiger partial charge on any atom is 0.338 e. The Balaban J connectivity index is 1.98. The van der Waals surface area contributed by atoms with Gasteiger partial charge in [0.05, 0.1) is 23.4 Å². The molecule has 0 spiro atoms. The molecule has 1 N–H and O–H groups in total. The molecule has 0 amide bonds. The number of nitrogens with zero attached hydrogens (tertiary/aromatic N) is 2. The number of aromatic nitrogens is 2. The Morgan fingerprint density at radius 1 is 1.19 bits per heavy atom. The van der Waals surface area contributed by atoms with Gasteiger partial charge in [0, 0.05) is 25.0 Å². The minimum atomic E-state index is -0.261. The van der Waals surface area contributed by atoms with Gasteiger partial charge in [0.25, 0.3) is 0 Å². The van der Waals surface area contributed by atoms with E-state index in [1.165, 1.54) is 30.4 Å². The molecule has 0 aromatic carbocycles. The lowest BCUT2D eigenvalue weighted by Gasteiger charge is -2.21. The highest BCUT2D eigenvalue weighted by atomic mass is 16.5. The summed E-state index contributed by atoms with van der Waals surface area (Å²) < 4.78 is 7.65. The van der Waals surface area contributed by atoms with Crippen molar-refractivity contribution in [3.05, 3.63) is 59.1 Å². The number of ether oxygens (including phenoxy) is 1. The Bertz CT molecular complexity index is 1150. The minimum Gasteiger partial charge on any atom is -0.462 e. The predicted molar refractivity (Wildman–Crippen MR) is 127 cm³/mol. The van der Waals surface area contributed by atoms with Crippen LogP contribution in [0.25, 0.3) is 22.2 Å². The van der Waals surface area contributed by atoms with Crippen molar-refractivity contribution in [2.24, 2.45) is 0 Å². The fourth-order valence-corrected chi connectivity index (χ4v) is 4.72. The lowest BCUT2D eigenvalue weighted by molar-refractivity contribution is 0.0525. The second-order valence-electron chi connectivity index (χ2n) is 8.21. The molecule has 3 aromatic heterocycles. The number of hydrogen-bond acceptors (Lipinski definition) is 4. The zero-order valence-corrected chi connectivity index (χ0v) is 18.9. The Hall–Kier alpha value is -3.08. The number of fused-ring (bicyclic) bond motifs is 1. The van der Waals surface area contributed by atoms with E-state index in [9.17, 15) is 4.79 Å². The third-order valence-corrected chi connectivity index (χ3v) is 6.37. The van der Waals surface area contributed by atoms with Crippen LogP contribution in [-0.4, -0.2) is 29.0 Å². The molecule has 5 heteroatoms. The minimum absolute atomic E-state index is 0.261. The molecule has 4 rings (SSSR count). The van der Waals surface area contributed by atoms with Crippen molar-refractivity contribution >= 4 is 22.9 Å². The molecule has 3 heterocycles. The molecule has 0 saturated heterocycles. The van der Waals surface area contributed by atoms with Gasteiger partial charge in [0.1, 0.15) is 5.82 Å². The number of allylic oxidation sites excluding steroid dienone is 2. The first-order valence-electron chi connectivity index (χ1n) is 11.2. The first-order valence-corrected chi connectivity index (χ1v) is 11.2. The molecule has 1 saturated carbocycles. The van der Waals surface area contributed by atoms with Gasteiger partial charge in [-0.05, 0) is 87.4 Å². The van der Waals surface area contributed by atoms with E-state index < -0.39 is 0 Å². The first kappa shape index (κ1) is 21.2. The molecule has 0 aliphatic heterocycles. The van der Waals surface area contributed by atoms with Crippen LogP contribution in [0.2, 0.25) is 0 Å². The summed E-state index contributed by atoms with van der Waals surface area (Å²) in [7, 11) is 1.87. The SMILES string of the molecule is CCOC(=O)c1cc2c(-c3ccnc(NC)c3)ccn2c(C(C)=C2CCCCC2)c1C. The summed E-state index contributed by atoms with van der Waals surface area (Å²) in [4.78, 5) is 17.2. The predicted octanol–water partition coefficient (Wildman–Crippen LogP) is 6.27. The number of esters is 1. The number of carbonyl (C=O) groups is 1. The quantitative estimate of drug-likeness (QED) is 0.497. The van der Waals surface area contributed by atoms with E-state index in [0.717, 1.165) is 46.6 Å². The summed E-state index contributed by atoms with van der Waals surface area (Å²) in [6.07, 6.45) is 9.99. The van der Waals surface area contributed by atoms with E-state index in [-0.39, 0.29) is 5.97 Å². The average Bonchev–Trinajstić information content (AvgIpc) is 3.22. The van der Waals surface area contributed by atoms with Gasteiger partial charge in [-0.1, -0.05) is 12.0 Å². The molecule has 0 atom stereocenters. The van der Waals surface area contributed by atoms with Crippen LogP contribution in [-0.2, 0) is 4.74 Å². The number of anilines is 1. The van der Waals surface area contributed by atoms with E-state index in [0.29, 0.717) is 12.2 Å². The van der Waals surface area contributed by atoms with Gasteiger partial charge < -0.3 is 14.5 Å². The summed E-state index contributed by atoms with van der Waals surface area (Å²) in [6, 6.07) is 8.14. The summed E-state index contributed by atoms with van der Waals surface area (Å²) in [5.74, 6) is 0.554. The summed E-state index contributed by atoms with van der Waals surface area (Å²) >= 11 is 0. The summed E-state index contributed by atoms with van der Waals surface area (Å²) in [5.41, 5.74) is 8.69. The highest BCUT2D eigenvalue weighted by Crippen LogP contribution is 2.36. The van der Waals surface area contributed by atoms with Crippen molar-refractivity contribution in [3.63, 3.8) is 0 Å². The molecule has 3 aromatic rings. The maximum absolute atomic E-state index is 12.9. The molecule has 5 nitrogen and oxygen atoms in total. The summed E-state index contributed by atoms with van der Waals surface area (Å²) in [6.45, 7) is 6.46. The number of rotatable bonds is 5. The molecule has 1 aliphatic carbocycles. The van der Waals surface area contributed by atoms with Crippen molar-refractivity contribution < 1.29 is 9.53 Å².